The molecule has 0 aromatic carbocycles. The Morgan fingerprint density at radius 2 is 2.50 bits per heavy atom. The molecular weight excluding hydrogens is 250 g/mol. The summed E-state index contributed by atoms with van der Waals surface area (Å²) in [7, 11) is 4.18. The van der Waals surface area contributed by atoms with Crippen LogP contribution in [-0.4, -0.2) is 54.2 Å². The van der Waals surface area contributed by atoms with Crippen molar-refractivity contribution in [1.29, 1.82) is 0 Å². The molecule has 1 N–H and O–H groups in total. The molecule has 5 nitrogen and oxygen atoms in total. The first kappa shape index (κ1) is 13.3. The van der Waals surface area contributed by atoms with Crippen LogP contribution in [0.5, 0.6) is 0 Å². The molecule has 2 rings (SSSR count). The lowest BCUT2D eigenvalue weighted by atomic mass is 10.2. The molecule has 18 heavy (non-hydrogen) atoms. The fourth-order valence-electron chi connectivity index (χ4n) is 2.31. The Balaban J connectivity index is 1.93. The van der Waals surface area contributed by atoms with E-state index in [2.05, 4.69) is 21.8 Å². The van der Waals surface area contributed by atoms with Gasteiger partial charge in [0.15, 0.2) is 5.13 Å². The molecule has 1 fully saturated rings. The Morgan fingerprint density at radius 3 is 3.11 bits per heavy atom. The number of thiazole rings is 1. The molecule has 0 radical (unpaired) electrons. The molecule has 2 heterocycles. The third-order valence-corrected chi connectivity index (χ3v) is 4.36. The number of aliphatic carboxylic acids is 1. The Morgan fingerprint density at radius 1 is 1.72 bits per heavy atom. The minimum atomic E-state index is -0.829. The van der Waals surface area contributed by atoms with E-state index in [9.17, 15) is 4.79 Å². The summed E-state index contributed by atoms with van der Waals surface area (Å²) in [6, 6.07) is 0.585. The number of anilines is 1. The zero-order chi connectivity index (χ0) is 13.1. The molecule has 0 bridgehead atoms. The molecule has 100 valence electrons. The minimum absolute atomic E-state index is 0.00761. The summed E-state index contributed by atoms with van der Waals surface area (Å²) in [5.74, 6) is -0.829. The summed E-state index contributed by atoms with van der Waals surface area (Å²) in [5.41, 5.74) is 0.647. The number of likely N-dealkylation sites (N-methyl/N-ethyl adjacent to an activating group) is 2. The first-order chi connectivity index (χ1) is 8.56. The standard InChI is InChI=1S/C12H19N3O2S/c1-14-5-3-4-10(14)7-15(2)12-13-9(8-18-12)6-11(16)17/h8,10H,3-7H2,1-2H3,(H,16,17). The molecule has 1 unspecified atom stereocenters. The van der Waals surface area contributed by atoms with Gasteiger partial charge in [-0.05, 0) is 26.4 Å². The van der Waals surface area contributed by atoms with Crippen LogP contribution in [0.4, 0.5) is 5.13 Å². The molecule has 1 aromatic rings. The van der Waals surface area contributed by atoms with Crippen molar-refractivity contribution in [3.8, 4) is 0 Å². The Labute approximate surface area is 111 Å². The monoisotopic (exact) mass is 269 g/mol. The largest absolute Gasteiger partial charge is 0.481 e. The third-order valence-electron chi connectivity index (χ3n) is 3.35. The van der Waals surface area contributed by atoms with Crippen molar-refractivity contribution in [2.24, 2.45) is 0 Å². The normalized spacial score (nSPS) is 20.2. The quantitative estimate of drug-likeness (QED) is 0.873. The molecule has 0 amide bonds. The van der Waals surface area contributed by atoms with E-state index in [1.807, 2.05) is 12.4 Å². The number of rotatable bonds is 5. The van der Waals surface area contributed by atoms with Crippen molar-refractivity contribution < 1.29 is 9.90 Å². The smallest absolute Gasteiger partial charge is 0.309 e. The number of aromatic nitrogens is 1. The first-order valence-electron chi connectivity index (χ1n) is 6.14. The molecule has 1 atom stereocenters. The lowest BCUT2D eigenvalue weighted by Gasteiger charge is -2.25. The van der Waals surface area contributed by atoms with Crippen LogP contribution in [0.25, 0.3) is 0 Å². The number of hydrogen-bond acceptors (Lipinski definition) is 5. The van der Waals surface area contributed by atoms with Gasteiger partial charge in [0, 0.05) is 25.0 Å². The van der Waals surface area contributed by atoms with Crippen LogP contribution in [-0.2, 0) is 11.2 Å². The van der Waals surface area contributed by atoms with Crippen molar-refractivity contribution in [2.45, 2.75) is 25.3 Å². The van der Waals surface area contributed by atoms with Crippen molar-refractivity contribution in [2.75, 3.05) is 32.1 Å². The molecule has 0 saturated carbocycles. The minimum Gasteiger partial charge on any atom is -0.481 e. The van der Waals surface area contributed by atoms with Crippen LogP contribution in [0.2, 0.25) is 0 Å². The van der Waals surface area contributed by atoms with E-state index in [1.54, 1.807) is 0 Å². The Hall–Kier alpha value is -1.14. The topological polar surface area (TPSA) is 56.7 Å². The van der Waals surface area contributed by atoms with Gasteiger partial charge in [-0.25, -0.2) is 4.98 Å². The van der Waals surface area contributed by atoms with E-state index in [4.69, 9.17) is 5.11 Å². The van der Waals surface area contributed by atoms with Gasteiger partial charge in [0.1, 0.15) is 0 Å². The van der Waals surface area contributed by atoms with Gasteiger partial charge in [-0.15, -0.1) is 11.3 Å². The summed E-state index contributed by atoms with van der Waals surface area (Å²) >= 11 is 1.52. The average Bonchev–Trinajstić information content (AvgIpc) is 2.88. The molecule has 6 heteroatoms. The second-order valence-corrected chi connectivity index (χ2v) is 5.69. The lowest BCUT2D eigenvalue weighted by Crippen LogP contribution is -2.36. The Bertz CT molecular complexity index is 421. The van der Waals surface area contributed by atoms with Crippen molar-refractivity contribution >= 4 is 22.4 Å². The van der Waals surface area contributed by atoms with E-state index in [-0.39, 0.29) is 6.42 Å². The second-order valence-electron chi connectivity index (χ2n) is 4.85. The molecular formula is C12H19N3O2S. The second kappa shape index (κ2) is 5.67. The van der Waals surface area contributed by atoms with Crippen molar-refractivity contribution in [3.05, 3.63) is 11.1 Å². The highest BCUT2D eigenvalue weighted by Crippen LogP contribution is 2.22. The fourth-order valence-corrected chi connectivity index (χ4v) is 3.11. The van der Waals surface area contributed by atoms with Gasteiger partial charge in [0.2, 0.25) is 0 Å². The van der Waals surface area contributed by atoms with Gasteiger partial charge in [0.25, 0.3) is 0 Å². The zero-order valence-corrected chi connectivity index (χ0v) is 11.6. The SMILES string of the molecule is CN(CC1CCCN1C)c1nc(CC(=O)O)cs1. The predicted molar refractivity (Wildman–Crippen MR) is 72.4 cm³/mol. The van der Waals surface area contributed by atoms with Crippen LogP contribution in [0.1, 0.15) is 18.5 Å². The maximum Gasteiger partial charge on any atom is 0.309 e. The van der Waals surface area contributed by atoms with Crippen molar-refractivity contribution in [3.63, 3.8) is 0 Å². The predicted octanol–water partition coefficient (Wildman–Crippen LogP) is 1.30. The molecule has 1 aliphatic rings. The summed E-state index contributed by atoms with van der Waals surface area (Å²) in [4.78, 5) is 19.5. The summed E-state index contributed by atoms with van der Waals surface area (Å²) in [6.07, 6.45) is 2.50. The van der Waals surface area contributed by atoms with E-state index in [1.165, 1.54) is 30.7 Å². The highest BCUT2D eigenvalue weighted by molar-refractivity contribution is 7.13. The number of hydrogen-bond donors (Lipinski definition) is 1. The number of carbonyl (C=O) groups is 1. The Kier molecular flexibility index (Phi) is 4.19. The maximum absolute atomic E-state index is 10.6. The number of nitrogens with zero attached hydrogens (tertiary/aromatic N) is 3. The summed E-state index contributed by atoms with van der Waals surface area (Å²) < 4.78 is 0. The van der Waals surface area contributed by atoms with Gasteiger partial charge in [0.05, 0.1) is 12.1 Å². The van der Waals surface area contributed by atoms with E-state index >= 15 is 0 Å². The molecule has 1 saturated heterocycles. The van der Waals surface area contributed by atoms with Gasteiger partial charge >= 0.3 is 5.97 Å². The highest BCUT2D eigenvalue weighted by Gasteiger charge is 2.23. The summed E-state index contributed by atoms with van der Waals surface area (Å²) in [6.45, 7) is 2.12. The first-order valence-corrected chi connectivity index (χ1v) is 7.02. The number of carboxylic acids is 1. The zero-order valence-electron chi connectivity index (χ0n) is 10.8. The van der Waals surface area contributed by atoms with E-state index < -0.39 is 5.97 Å². The molecule has 0 spiro atoms. The fraction of sp³-hybridized carbons (Fsp3) is 0.667. The van der Waals surface area contributed by atoms with Crippen molar-refractivity contribution in [1.82, 2.24) is 9.88 Å². The van der Waals surface area contributed by atoms with E-state index in [0.29, 0.717) is 11.7 Å². The third kappa shape index (κ3) is 3.20. The van der Waals surface area contributed by atoms with Gasteiger partial charge in [-0.3, -0.25) is 4.79 Å². The number of likely N-dealkylation sites (tertiary alicyclic amines) is 1. The molecule has 1 aliphatic heterocycles. The van der Waals surface area contributed by atoms with Gasteiger partial charge in [-0.2, -0.15) is 0 Å². The van der Waals surface area contributed by atoms with E-state index in [0.717, 1.165) is 11.7 Å². The van der Waals surface area contributed by atoms with Gasteiger partial charge in [-0.1, -0.05) is 0 Å². The lowest BCUT2D eigenvalue weighted by molar-refractivity contribution is -0.136. The average molecular weight is 269 g/mol. The maximum atomic E-state index is 10.6. The molecule has 0 aliphatic carbocycles. The molecule has 1 aromatic heterocycles. The highest BCUT2D eigenvalue weighted by atomic mass is 32.1. The summed E-state index contributed by atoms with van der Waals surface area (Å²) in [5, 5.41) is 11.5. The van der Waals surface area contributed by atoms with Crippen LogP contribution < -0.4 is 4.90 Å². The van der Waals surface area contributed by atoms with Gasteiger partial charge < -0.3 is 14.9 Å². The van der Waals surface area contributed by atoms with Crippen LogP contribution in [0, 0.1) is 0 Å². The van der Waals surface area contributed by atoms with Crippen LogP contribution in [0.15, 0.2) is 5.38 Å². The number of carboxylic acid groups (broad SMARTS) is 1. The van der Waals surface area contributed by atoms with Crippen LogP contribution >= 0.6 is 11.3 Å². The van der Waals surface area contributed by atoms with Crippen LogP contribution in [0.3, 0.4) is 0 Å².